The lowest BCUT2D eigenvalue weighted by Gasteiger charge is -2.13. The number of nitrogens with zero attached hydrogens (tertiary/aromatic N) is 2. The molecule has 0 spiro atoms. The zero-order valence-electron chi connectivity index (χ0n) is 19.3. The first kappa shape index (κ1) is 24.0. The van der Waals surface area contributed by atoms with Crippen molar-refractivity contribution in [1.29, 1.82) is 0 Å². The molecule has 0 fully saturated rings. The highest BCUT2D eigenvalue weighted by atomic mass is 19.4. The third-order valence-corrected chi connectivity index (χ3v) is 5.22. The van der Waals surface area contributed by atoms with E-state index in [1.54, 1.807) is 31.5 Å². The molecular weight excluding hydrogens is 457 g/mol. The van der Waals surface area contributed by atoms with Crippen LogP contribution in [0.15, 0.2) is 66.9 Å². The van der Waals surface area contributed by atoms with E-state index in [-0.39, 0.29) is 11.6 Å². The number of methoxy groups -OCH3 is 1. The van der Waals surface area contributed by atoms with Crippen molar-refractivity contribution in [3.05, 3.63) is 78.0 Å². The van der Waals surface area contributed by atoms with Gasteiger partial charge < -0.3 is 15.4 Å². The number of amides is 1. The maximum absolute atomic E-state index is 12.8. The molecule has 0 saturated carbocycles. The summed E-state index contributed by atoms with van der Waals surface area (Å²) in [7, 11) is 1.56. The predicted molar refractivity (Wildman–Crippen MR) is 130 cm³/mol. The van der Waals surface area contributed by atoms with Gasteiger partial charge in [0.15, 0.2) is 0 Å². The Morgan fingerprint density at radius 2 is 1.77 bits per heavy atom. The van der Waals surface area contributed by atoms with Crippen molar-refractivity contribution < 1.29 is 22.7 Å². The molecular formula is C26H23F3N4O2. The Hall–Kier alpha value is -4.14. The molecule has 180 valence electrons. The molecule has 0 radical (unpaired) electrons. The predicted octanol–water partition coefficient (Wildman–Crippen LogP) is 6.40. The van der Waals surface area contributed by atoms with Crippen LogP contribution in [0.5, 0.6) is 5.75 Å². The zero-order valence-corrected chi connectivity index (χ0v) is 19.3. The van der Waals surface area contributed by atoms with Crippen LogP contribution in [0, 0.1) is 0 Å². The number of nitrogens with one attached hydrogen (secondary N) is 2. The van der Waals surface area contributed by atoms with Gasteiger partial charge in [-0.1, -0.05) is 12.1 Å². The number of aromatic nitrogens is 2. The number of carbonyl (C=O) groups is 1. The lowest BCUT2D eigenvalue weighted by atomic mass is 10.0. The van der Waals surface area contributed by atoms with Gasteiger partial charge in [0.2, 0.25) is 5.95 Å². The lowest BCUT2D eigenvalue weighted by molar-refractivity contribution is -0.137. The molecule has 0 unspecified atom stereocenters. The normalized spacial score (nSPS) is 11.5. The third kappa shape index (κ3) is 5.51. The van der Waals surface area contributed by atoms with Crippen molar-refractivity contribution in [3.63, 3.8) is 0 Å². The van der Waals surface area contributed by atoms with Crippen LogP contribution in [0.1, 0.15) is 29.8 Å². The molecule has 0 saturated heterocycles. The summed E-state index contributed by atoms with van der Waals surface area (Å²) in [5.41, 5.74) is 2.07. The van der Waals surface area contributed by atoms with E-state index in [0.717, 1.165) is 46.3 Å². The van der Waals surface area contributed by atoms with Crippen LogP contribution in [-0.4, -0.2) is 29.0 Å². The molecule has 1 amide bonds. The maximum Gasteiger partial charge on any atom is 0.416 e. The maximum atomic E-state index is 12.8. The van der Waals surface area contributed by atoms with Crippen molar-refractivity contribution >= 4 is 28.4 Å². The molecule has 0 aliphatic rings. The van der Waals surface area contributed by atoms with Crippen LogP contribution in [0.3, 0.4) is 0 Å². The lowest BCUT2D eigenvalue weighted by Crippen LogP contribution is -2.13. The molecule has 3 aromatic carbocycles. The number of halogens is 3. The van der Waals surface area contributed by atoms with Crippen molar-refractivity contribution in [1.82, 2.24) is 9.97 Å². The summed E-state index contributed by atoms with van der Waals surface area (Å²) < 4.78 is 43.9. The van der Waals surface area contributed by atoms with Gasteiger partial charge in [0.1, 0.15) is 5.75 Å². The van der Waals surface area contributed by atoms with E-state index in [4.69, 9.17) is 4.74 Å². The Labute approximate surface area is 200 Å². The summed E-state index contributed by atoms with van der Waals surface area (Å²) in [6, 6.07) is 15.1. The fourth-order valence-corrected chi connectivity index (χ4v) is 3.56. The Kier molecular flexibility index (Phi) is 6.59. The average molecular weight is 480 g/mol. The van der Waals surface area contributed by atoms with Crippen LogP contribution < -0.4 is 15.4 Å². The second-order valence-corrected chi connectivity index (χ2v) is 8.21. The standard InChI is InChI=1S/C26H23F3N4O2/c1-15(2)31-25-30-14-18-12-21(23(35-3)13-22(18)33-25)17-5-4-6-20(11-17)32-24(34)16-7-9-19(10-8-16)26(27,28)29/h4-15H,1-3H3,(H,32,34)(H,30,31,33). The Balaban J connectivity index is 1.61. The van der Waals surface area contributed by atoms with Gasteiger partial charge in [-0.25, -0.2) is 9.97 Å². The first-order valence-corrected chi connectivity index (χ1v) is 10.8. The fourth-order valence-electron chi connectivity index (χ4n) is 3.56. The number of fused-ring (bicyclic) bond motifs is 1. The molecule has 4 rings (SSSR count). The van der Waals surface area contributed by atoms with Gasteiger partial charge in [-0.05, 0) is 61.9 Å². The van der Waals surface area contributed by atoms with E-state index in [1.165, 1.54) is 0 Å². The summed E-state index contributed by atoms with van der Waals surface area (Å²) in [6.07, 6.45) is -2.73. The number of anilines is 2. The topological polar surface area (TPSA) is 76.1 Å². The summed E-state index contributed by atoms with van der Waals surface area (Å²) in [6.45, 7) is 4.00. The van der Waals surface area contributed by atoms with Gasteiger partial charge in [-0.15, -0.1) is 0 Å². The monoisotopic (exact) mass is 480 g/mol. The van der Waals surface area contributed by atoms with Crippen molar-refractivity contribution in [2.45, 2.75) is 26.1 Å². The van der Waals surface area contributed by atoms with Crippen molar-refractivity contribution in [3.8, 4) is 16.9 Å². The highest BCUT2D eigenvalue weighted by Gasteiger charge is 2.30. The molecule has 6 nitrogen and oxygen atoms in total. The molecule has 35 heavy (non-hydrogen) atoms. The fraction of sp³-hybridized carbons (Fsp3) is 0.192. The summed E-state index contributed by atoms with van der Waals surface area (Å²) in [5, 5.41) is 6.72. The minimum absolute atomic E-state index is 0.120. The van der Waals surface area contributed by atoms with Crippen LogP contribution in [0.2, 0.25) is 0 Å². The highest BCUT2D eigenvalue weighted by Crippen LogP contribution is 2.35. The van der Waals surface area contributed by atoms with E-state index < -0.39 is 17.6 Å². The second-order valence-electron chi connectivity index (χ2n) is 8.21. The van der Waals surface area contributed by atoms with Crippen LogP contribution in [0.25, 0.3) is 22.0 Å². The largest absolute Gasteiger partial charge is 0.496 e. The van der Waals surface area contributed by atoms with Gasteiger partial charge in [0, 0.05) is 40.5 Å². The van der Waals surface area contributed by atoms with Crippen molar-refractivity contribution in [2.75, 3.05) is 17.7 Å². The van der Waals surface area contributed by atoms with E-state index in [0.29, 0.717) is 17.4 Å². The highest BCUT2D eigenvalue weighted by molar-refractivity contribution is 6.04. The van der Waals surface area contributed by atoms with E-state index in [1.807, 2.05) is 32.0 Å². The molecule has 0 atom stereocenters. The minimum Gasteiger partial charge on any atom is -0.496 e. The van der Waals surface area contributed by atoms with Gasteiger partial charge >= 0.3 is 6.18 Å². The molecule has 0 aliphatic carbocycles. The van der Waals surface area contributed by atoms with Crippen molar-refractivity contribution in [2.24, 2.45) is 0 Å². The van der Waals surface area contributed by atoms with E-state index in [2.05, 4.69) is 20.6 Å². The van der Waals surface area contributed by atoms with Crippen LogP contribution in [-0.2, 0) is 6.18 Å². The number of ether oxygens (including phenoxy) is 1. The number of hydrogen-bond acceptors (Lipinski definition) is 5. The quantitative estimate of drug-likeness (QED) is 0.334. The third-order valence-electron chi connectivity index (χ3n) is 5.22. The smallest absolute Gasteiger partial charge is 0.416 e. The molecule has 1 aromatic heterocycles. The second kappa shape index (κ2) is 9.61. The van der Waals surface area contributed by atoms with Crippen LogP contribution >= 0.6 is 0 Å². The molecule has 0 aliphatic heterocycles. The molecule has 0 bridgehead atoms. The number of rotatable bonds is 6. The van der Waals surface area contributed by atoms with E-state index >= 15 is 0 Å². The summed E-state index contributed by atoms with van der Waals surface area (Å²) >= 11 is 0. The number of benzene rings is 3. The van der Waals surface area contributed by atoms with Gasteiger partial charge in [-0.3, -0.25) is 4.79 Å². The summed E-state index contributed by atoms with van der Waals surface area (Å²) in [4.78, 5) is 21.5. The number of hydrogen-bond donors (Lipinski definition) is 2. The molecule has 9 heteroatoms. The average Bonchev–Trinajstić information content (AvgIpc) is 2.82. The van der Waals surface area contributed by atoms with Gasteiger partial charge in [0.25, 0.3) is 5.91 Å². The molecule has 4 aromatic rings. The first-order chi connectivity index (χ1) is 16.6. The van der Waals surface area contributed by atoms with Crippen LogP contribution in [0.4, 0.5) is 24.8 Å². The Morgan fingerprint density at radius 1 is 1.03 bits per heavy atom. The zero-order chi connectivity index (χ0) is 25.2. The van der Waals surface area contributed by atoms with E-state index in [9.17, 15) is 18.0 Å². The molecule has 2 N–H and O–H groups in total. The summed E-state index contributed by atoms with van der Waals surface area (Å²) in [5.74, 6) is 0.605. The number of alkyl halides is 3. The minimum atomic E-state index is -4.46. The Bertz CT molecular complexity index is 1370. The Morgan fingerprint density at radius 3 is 2.43 bits per heavy atom. The molecule has 1 heterocycles. The number of carbonyl (C=O) groups excluding carboxylic acids is 1. The van der Waals surface area contributed by atoms with Gasteiger partial charge in [0.05, 0.1) is 18.2 Å². The first-order valence-electron chi connectivity index (χ1n) is 10.8. The van der Waals surface area contributed by atoms with Gasteiger partial charge in [-0.2, -0.15) is 13.2 Å². The SMILES string of the molecule is COc1cc2nc(NC(C)C)ncc2cc1-c1cccc(NC(=O)c2ccc(C(F)(F)F)cc2)c1.